The lowest BCUT2D eigenvalue weighted by Crippen LogP contribution is -2.24. The lowest BCUT2D eigenvalue weighted by atomic mass is 10.2. The fourth-order valence-electron chi connectivity index (χ4n) is 2.43. The number of aromatic nitrogens is 2. The van der Waals surface area contributed by atoms with E-state index in [1.54, 1.807) is 0 Å². The van der Waals surface area contributed by atoms with Gasteiger partial charge >= 0.3 is 0 Å². The molecule has 0 aliphatic carbocycles. The smallest absolute Gasteiger partial charge is 0.219 e. The molecule has 1 aromatic heterocycles. The SMILES string of the molecule is Fc1cc(OC2CCN(Cc3ccccc3)C2)ncn1. The van der Waals surface area contributed by atoms with Gasteiger partial charge in [-0.2, -0.15) is 4.39 Å². The molecule has 1 atom stereocenters. The fraction of sp³-hybridized carbons (Fsp3) is 0.333. The Morgan fingerprint density at radius 2 is 2.10 bits per heavy atom. The van der Waals surface area contributed by atoms with E-state index in [0.29, 0.717) is 5.88 Å². The van der Waals surface area contributed by atoms with Crippen molar-refractivity contribution in [3.63, 3.8) is 0 Å². The molecular weight excluding hydrogens is 257 g/mol. The molecule has 1 aliphatic rings. The van der Waals surface area contributed by atoms with Gasteiger partial charge in [0.25, 0.3) is 0 Å². The van der Waals surface area contributed by atoms with Gasteiger partial charge in [-0.3, -0.25) is 4.90 Å². The number of nitrogens with zero attached hydrogens (tertiary/aromatic N) is 3. The largest absolute Gasteiger partial charge is 0.473 e. The van der Waals surface area contributed by atoms with Gasteiger partial charge in [0.2, 0.25) is 11.8 Å². The second-order valence-corrected chi connectivity index (χ2v) is 4.93. The van der Waals surface area contributed by atoms with Crippen molar-refractivity contribution < 1.29 is 9.13 Å². The van der Waals surface area contributed by atoms with Crippen molar-refractivity contribution in [2.45, 2.75) is 19.1 Å². The summed E-state index contributed by atoms with van der Waals surface area (Å²) in [7, 11) is 0. The minimum Gasteiger partial charge on any atom is -0.473 e. The molecule has 0 amide bonds. The predicted octanol–water partition coefficient (Wildman–Crippen LogP) is 2.27. The highest BCUT2D eigenvalue weighted by Crippen LogP contribution is 2.18. The first kappa shape index (κ1) is 13.0. The van der Waals surface area contributed by atoms with Crippen LogP contribution in [-0.2, 0) is 6.54 Å². The van der Waals surface area contributed by atoms with Crippen molar-refractivity contribution in [2.24, 2.45) is 0 Å². The molecule has 0 radical (unpaired) electrons. The third kappa shape index (κ3) is 3.30. The predicted molar refractivity (Wildman–Crippen MR) is 72.7 cm³/mol. The molecule has 1 aliphatic heterocycles. The topological polar surface area (TPSA) is 38.2 Å². The van der Waals surface area contributed by atoms with Crippen LogP contribution in [0.2, 0.25) is 0 Å². The van der Waals surface area contributed by atoms with Crippen LogP contribution < -0.4 is 4.74 Å². The van der Waals surface area contributed by atoms with Gasteiger partial charge in [0, 0.05) is 19.6 Å². The molecule has 1 fully saturated rings. The Balaban J connectivity index is 1.54. The highest BCUT2D eigenvalue weighted by molar-refractivity contribution is 5.14. The average Bonchev–Trinajstić information content (AvgIpc) is 2.87. The maximum Gasteiger partial charge on any atom is 0.219 e. The monoisotopic (exact) mass is 273 g/mol. The quantitative estimate of drug-likeness (QED) is 0.801. The van der Waals surface area contributed by atoms with Gasteiger partial charge in [-0.1, -0.05) is 30.3 Å². The minimum absolute atomic E-state index is 0.0630. The number of hydrogen-bond donors (Lipinski definition) is 0. The summed E-state index contributed by atoms with van der Waals surface area (Å²) in [4.78, 5) is 9.67. The number of likely N-dealkylation sites (tertiary alicyclic amines) is 1. The van der Waals surface area contributed by atoms with Gasteiger partial charge in [-0.15, -0.1) is 0 Å². The van der Waals surface area contributed by atoms with E-state index in [-0.39, 0.29) is 6.10 Å². The molecule has 20 heavy (non-hydrogen) atoms. The third-order valence-electron chi connectivity index (χ3n) is 3.37. The molecule has 0 saturated carbocycles. The number of ether oxygens (including phenoxy) is 1. The lowest BCUT2D eigenvalue weighted by Gasteiger charge is -2.16. The summed E-state index contributed by atoms with van der Waals surface area (Å²) in [6, 6.07) is 11.6. The molecule has 1 saturated heterocycles. The summed E-state index contributed by atoms with van der Waals surface area (Å²) < 4.78 is 18.7. The van der Waals surface area contributed by atoms with Crippen molar-refractivity contribution in [3.05, 3.63) is 54.2 Å². The van der Waals surface area contributed by atoms with Crippen LogP contribution in [0.1, 0.15) is 12.0 Å². The number of benzene rings is 1. The second-order valence-electron chi connectivity index (χ2n) is 4.93. The third-order valence-corrected chi connectivity index (χ3v) is 3.37. The highest BCUT2D eigenvalue weighted by atomic mass is 19.1. The van der Waals surface area contributed by atoms with E-state index in [2.05, 4.69) is 27.0 Å². The lowest BCUT2D eigenvalue weighted by molar-refractivity contribution is 0.190. The summed E-state index contributed by atoms with van der Waals surface area (Å²) in [6.45, 7) is 2.73. The molecular formula is C15H16FN3O. The molecule has 0 N–H and O–H groups in total. The van der Waals surface area contributed by atoms with Crippen molar-refractivity contribution in [2.75, 3.05) is 13.1 Å². The van der Waals surface area contributed by atoms with E-state index in [1.165, 1.54) is 18.0 Å². The highest BCUT2D eigenvalue weighted by Gasteiger charge is 2.24. The molecule has 4 nitrogen and oxygen atoms in total. The summed E-state index contributed by atoms with van der Waals surface area (Å²) in [6.07, 6.45) is 2.17. The Morgan fingerprint density at radius 3 is 2.90 bits per heavy atom. The molecule has 2 heterocycles. The fourth-order valence-corrected chi connectivity index (χ4v) is 2.43. The number of hydrogen-bond acceptors (Lipinski definition) is 4. The summed E-state index contributed by atoms with van der Waals surface area (Å²) >= 11 is 0. The molecule has 1 aromatic carbocycles. The average molecular weight is 273 g/mol. The first-order valence-corrected chi connectivity index (χ1v) is 6.70. The standard InChI is InChI=1S/C15H16FN3O/c16-14-8-15(18-11-17-14)20-13-6-7-19(10-13)9-12-4-2-1-3-5-12/h1-5,8,11,13H,6-7,9-10H2. The van der Waals surface area contributed by atoms with Gasteiger partial charge < -0.3 is 4.74 Å². The maximum atomic E-state index is 13.0. The zero-order valence-electron chi connectivity index (χ0n) is 11.1. The summed E-state index contributed by atoms with van der Waals surface area (Å²) in [5.41, 5.74) is 1.29. The second kappa shape index (κ2) is 5.96. The zero-order valence-corrected chi connectivity index (χ0v) is 11.1. The van der Waals surface area contributed by atoms with E-state index >= 15 is 0 Å². The van der Waals surface area contributed by atoms with E-state index in [1.807, 2.05) is 18.2 Å². The Morgan fingerprint density at radius 1 is 1.25 bits per heavy atom. The molecule has 3 rings (SSSR count). The first-order valence-electron chi connectivity index (χ1n) is 6.70. The molecule has 5 heteroatoms. The van der Waals surface area contributed by atoms with Crippen LogP contribution >= 0.6 is 0 Å². The molecule has 0 bridgehead atoms. The zero-order chi connectivity index (χ0) is 13.8. The summed E-state index contributed by atoms with van der Waals surface area (Å²) in [5.74, 6) is -0.252. The van der Waals surface area contributed by atoms with Crippen LogP contribution in [0.25, 0.3) is 0 Å². The Kier molecular flexibility index (Phi) is 3.87. The van der Waals surface area contributed by atoms with Gasteiger partial charge in [-0.25, -0.2) is 9.97 Å². The Bertz CT molecular complexity index is 564. The van der Waals surface area contributed by atoms with Crippen molar-refractivity contribution in [1.82, 2.24) is 14.9 Å². The van der Waals surface area contributed by atoms with Crippen molar-refractivity contribution in [1.29, 1.82) is 0 Å². The van der Waals surface area contributed by atoms with Crippen LogP contribution in [0.5, 0.6) is 5.88 Å². The summed E-state index contributed by atoms with van der Waals surface area (Å²) in [5, 5.41) is 0. The van der Waals surface area contributed by atoms with E-state index in [4.69, 9.17) is 4.74 Å². The van der Waals surface area contributed by atoms with Gasteiger partial charge in [-0.05, 0) is 12.0 Å². The van der Waals surface area contributed by atoms with Gasteiger partial charge in [0.1, 0.15) is 12.4 Å². The van der Waals surface area contributed by atoms with Crippen molar-refractivity contribution in [3.8, 4) is 5.88 Å². The number of halogens is 1. The van der Waals surface area contributed by atoms with Crippen LogP contribution in [0.3, 0.4) is 0 Å². The van der Waals surface area contributed by atoms with Gasteiger partial charge in [0.05, 0.1) is 6.07 Å². The first-order chi connectivity index (χ1) is 9.79. The Hall–Kier alpha value is -2.01. The normalized spacial score (nSPS) is 19.1. The molecule has 0 spiro atoms. The molecule has 104 valence electrons. The maximum absolute atomic E-state index is 13.0. The molecule has 1 unspecified atom stereocenters. The Labute approximate surface area is 117 Å². The van der Waals surface area contributed by atoms with Crippen LogP contribution in [0.15, 0.2) is 42.7 Å². The van der Waals surface area contributed by atoms with E-state index in [0.717, 1.165) is 26.1 Å². The van der Waals surface area contributed by atoms with Crippen LogP contribution in [0, 0.1) is 5.95 Å². The van der Waals surface area contributed by atoms with E-state index in [9.17, 15) is 4.39 Å². The minimum atomic E-state index is -0.561. The molecule has 2 aromatic rings. The van der Waals surface area contributed by atoms with Crippen LogP contribution in [0.4, 0.5) is 4.39 Å². The van der Waals surface area contributed by atoms with E-state index < -0.39 is 5.95 Å². The number of rotatable bonds is 4. The van der Waals surface area contributed by atoms with Crippen molar-refractivity contribution >= 4 is 0 Å². The van der Waals surface area contributed by atoms with Gasteiger partial charge in [0.15, 0.2) is 0 Å². The van der Waals surface area contributed by atoms with Crippen LogP contribution in [-0.4, -0.2) is 34.1 Å².